The lowest BCUT2D eigenvalue weighted by molar-refractivity contribution is -0.113. The molecule has 0 unspecified atom stereocenters. The van der Waals surface area contributed by atoms with Crippen LogP contribution in [0.2, 0.25) is 0 Å². The van der Waals surface area contributed by atoms with Crippen molar-refractivity contribution in [3.8, 4) is 11.5 Å². The Bertz CT molecular complexity index is 1330. The topological polar surface area (TPSA) is 51.1 Å². The molecule has 0 atom stereocenters. The average Bonchev–Trinajstić information content (AvgIpc) is 3.19. The Morgan fingerprint density at radius 1 is 1.00 bits per heavy atom. The molecule has 0 radical (unpaired) electrons. The van der Waals surface area contributed by atoms with Gasteiger partial charge in [0.15, 0.2) is 16.7 Å². The fourth-order valence-electron chi connectivity index (χ4n) is 3.90. The summed E-state index contributed by atoms with van der Waals surface area (Å²) in [5, 5.41) is 0.631. The van der Waals surface area contributed by atoms with Crippen molar-refractivity contribution in [3.63, 3.8) is 0 Å². The van der Waals surface area contributed by atoms with Gasteiger partial charge in [0.1, 0.15) is 0 Å². The van der Waals surface area contributed by atoms with Crippen LogP contribution in [0.25, 0.3) is 6.08 Å². The number of carbonyl (C=O) groups is 1. The third-order valence-corrected chi connectivity index (χ3v) is 7.65. The zero-order chi connectivity index (χ0) is 26.5. The highest BCUT2D eigenvalue weighted by atomic mass is 127. The van der Waals surface area contributed by atoms with Crippen LogP contribution < -0.4 is 14.4 Å². The van der Waals surface area contributed by atoms with Gasteiger partial charge >= 0.3 is 0 Å². The van der Waals surface area contributed by atoms with Crippen LogP contribution in [0, 0.1) is 3.57 Å². The van der Waals surface area contributed by atoms with Gasteiger partial charge in [0.05, 0.1) is 33.1 Å². The Morgan fingerprint density at radius 2 is 1.62 bits per heavy atom. The molecule has 1 aliphatic rings. The summed E-state index contributed by atoms with van der Waals surface area (Å²) in [5.74, 6) is 1.25. The van der Waals surface area contributed by atoms with Crippen LogP contribution in [0.5, 0.6) is 11.5 Å². The van der Waals surface area contributed by atoms with Gasteiger partial charge in [-0.3, -0.25) is 9.69 Å². The maximum absolute atomic E-state index is 13.7. The number of aliphatic imine (C=N–C) groups is 1. The second-order valence-corrected chi connectivity index (χ2v) is 11.1. The summed E-state index contributed by atoms with van der Waals surface area (Å²) in [4.78, 5) is 20.9. The number of hydrogen-bond donors (Lipinski definition) is 0. The summed E-state index contributed by atoms with van der Waals surface area (Å²) in [6.45, 7) is 8.21. The van der Waals surface area contributed by atoms with Crippen molar-refractivity contribution in [1.82, 2.24) is 0 Å². The molecule has 1 saturated heterocycles. The van der Waals surface area contributed by atoms with Crippen molar-refractivity contribution in [1.29, 1.82) is 0 Å². The zero-order valence-electron chi connectivity index (χ0n) is 21.7. The van der Waals surface area contributed by atoms with Crippen LogP contribution in [-0.2, 0) is 17.6 Å². The minimum absolute atomic E-state index is 0.0244. The van der Waals surface area contributed by atoms with Crippen molar-refractivity contribution in [3.05, 3.63) is 85.8 Å². The number of ether oxygens (including phenoxy) is 2. The van der Waals surface area contributed by atoms with Gasteiger partial charge in [-0.1, -0.05) is 38.1 Å². The number of rotatable bonds is 8. The maximum Gasteiger partial charge on any atom is 0.271 e. The van der Waals surface area contributed by atoms with Crippen LogP contribution >= 0.6 is 34.4 Å². The van der Waals surface area contributed by atoms with Crippen molar-refractivity contribution < 1.29 is 14.3 Å². The minimum Gasteiger partial charge on any atom is -0.493 e. The summed E-state index contributed by atoms with van der Waals surface area (Å²) in [5.41, 5.74) is 4.95. The number of methoxy groups -OCH3 is 1. The van der Waals surface area contributed by atoms with Crippen LogP contribution in [-0.4, -0.2) is 24.3 Å². The molecule has 0 aromatic heterocycles. The third-order valence-electron chi connectivity index (χ3n) is 5.88. The molecule has 192 valence electrons. The smallest absolute Gasteiger partial charge is 0.271 e. The number of aryl methyl sites for hydroxylation is 2. The molecule has 1 aliphatic heterocycles. The number of amidine groups is 1. The average molecular weight is 627 g/mol. The monoisotopic (exact) mass is 626 g/mol. The summed E-state index contributed by atoms with van der Waals surface area (Å²) in [7, 11) is 1.63. The lowest BCUT2D eigenvalue weighted by Crippen LogP contribution is -2.28. The second-order valence-electron chi connectivity index (χ2n) is 8.89. The van der Waals surface area contributed by atoms with E-state index in [1.54, 1.807) is 12.0 Å². The number of amides is 1. The van der Waals surface area contributed by atoms with Gasteiger partial charge in [0, 0.05) is 0 Å². The zero-order valence-corrected chi connectivity index (χ0v) is 24.7. The van der Waals surface area contributed by atoms with Crippen LogP contribution in [0.15, 0.2) is 70.6 Å². The lowest BCUT2D eigenvalue weighted by atomic mass is 10.1. The van der Waals surface area contributed by atoms with Crippen LogP contribution in [0.3, 0.4) is 0 Å². The Kier molecular flexibility index (Phi) is 8.97. The summed E-state index contributed by atoms with van der Waals surface area (Å²) < 4.78 is 12.5. The summed E-state index contributed by atoms with van der Waals surface area (Å²) in [6.07, 6.45) is 3.83. The van der Waals surface area contributed by atoms with E-state index in [1.807, 2.05) is 56.3 Å². The molecular formula is C30H31IN2O3S. The van der Waals surface area contributed by atoms with E-state index in [4.69, 9.17) is 14.5 Å². The number of hydrogen-bond acceptors (Lipinski definition) is 5. The van der Waals surface area contributed by atoms with E-state index >= 15 is 0 Å². The maximum atomic E-state index is 13.7. The predicted molar refractivity (Wildman–Crippen MR) is 163 cm³/mol. The summed E-state index contributed by atoms with van der Waals surface area (Å²) in [6, 6.07) is 20.1. The molecule has 7 heteroatoms. The van der Waals surface area contributed by atoms with E-state index in [0.29, 0.717) is 21.6 Å². The number of halogens is 1. The highest BCUT2D eigenvalue weighted by Gasteiger charge is 2.35. The van der Waals surface area contributed by atoms with E-state index in [2.05, 4.69) is 60.7 Å². The van der Waals surface area contributed by atoms with Gasteiger partial charge in [-0.25, -0.2) is 4.99 Å². The first-order valence-electron chi connectivity index (χ1n) is 12.4. The second kappa shape index (κ2) is 12.2. The molecule has 4 rings (SSSR count). The van der Waals surface area contributed by atoms with E-state index in [0.717, 1.165) is 33.4 Å². The molecule has 0 aliphatic carbocycles. The molecule has 3 aromatic rings. The fraction of sp³-hybridized carbons (Fsp3) is 0.267. The predicted octanol–water partition coefficient (Wildman–Crippen LogP) is 8.02. The molecule has 3 aromatic carbocycles. The summed E-state index contributed by atoms with van der Waals surface area (Å²) >= 11 is 3.62. The van der Waals surface area contributed by atoms with Crippen molar-refractivity contribution in [2.75, 3.05) is 12.0 Å². The number of carbonyl (C=O) groups excluding carboxylic acids is 1. The first-order chi connectivity index (χ1) is 17.8. The highest BCUT2D eigenvalue weighted by Crippen LogP contribution is 2.40. The molecule has 37 heavy (non-hydrogen) atoms. The molecule has 1 amide bonds. The fourth-order valence-corrected chi connectivity index (χ4v) is 5.65. The van der Waals surface area contributed by atoms with E-state index in [1.165, 1.54) is 22.9 Å². The highest BCUT2D eigenvalue weighted by molar-refractivity contribution is 14.1. The lowest BCUT2D eigenvalue weighted by Gasteiger charge is -2.16. The van der Waals surface area contributed by atoms with Crippen LogP contribution in [0.1, 0.15) is 44.4 Å². The Hall–Kier alpha value is -2.78. The largest absolute Gasteiger partial charge is 0.493 e. The van der Waals surface area contributed by atoms with Gasteiger partial charge in [-0.05, 0) is 120 Å². The molecular weight excluding hydrogens is 595 g/mol. The Balaban J connectivity index is 1.75. The van der Waals surface area contributed by atoms with E-state index in [-0.39, 0.29) is 12.0 Å². The normalized spacial score (nSPS) is 15.8. The van der Waals surface area contributed by atoms with Crippen molar-refractivity contribution >= 4 is 62.9 Å². The molecule has 0 bridgehead atoms. The van der Waals surface area contributed by atoms with Gasteiger partial charge < -0.3 is 9.47 Å². The molecule has 1 fully saturated rings. The van der Waals surface area contributed by atoms with Crippen molar-refractivity contribution in [2.45, 2.75) is 46.6 Å². The number of nitrogens with zero attached hydrogens (tertiary/aromatic N) is 2. The Morgan fingerprint density at radius 3 is 2.19 bits per heavy atom. The van der Waals surface area contributed by atoms with Crippen molar-refractivity contribution in [2.24, 2.45) is 4.99 Å². The molecule has 0 N–H and O–H groups in total. The first kappa shape index (κ1) is 27.3. The Labute approximate surface area is 237 Å². The standard InChI is InChI=1S/C30H31IN2O3S/c1-6-20-8-12-23(13-9-20)32-30-33(24-14-10-21(7-2)11-15-24)29(34)27(37-30)18-22-16-25(31)28(36-19(3)4)26(17-22)35-5/h8-19H,6-7H2,1-5H3/b27-18-,32-30?. The molecule has 0 spiro atoms. The number of thioether (sulfide) groups is 1. The molecule has 5 nitrogen and oxygen atoms in total. The molecule has 1 heterocycles. The number of benzene rings is 3. The van der Waals surface area contributed by atoms with Crippen LogP contribution in [0.4, 0.5) is 11.4 Å². The van der Waals surface area contributed by atoms with E-state index < -0.39 is 0 Å². The van der Waals surface area contributed by atoms with Gasteiger partial charge in [0.2, 0.25) is 0 Å². The van der Waals surface area contributed by atoms with Gasteiger partial charge in [-0.15, -0.1) is 0 Å². The first-order valence-corrected chi connectivity index (χ1v) is 14.3. The van der Waals surface area contributed by atoms with E-state index in [9.17, 15) is 4.79 Å². The third kappa shape index (κ3) is 6.38. The minimum atomic E-state index is -0.102. The number of anilines is 1. The van der Waals surface area contributed by atoms with Gasteiger partial charge in [-0.2, -0.15) is 0 Å². The molecule has 0 saturated carbocycles. The van der Waals surface area contributed by atoms with Gasteiger partial charge in [0.25, 0.3) is 5.91 Å². The SMILES string of the molecule is CCc1ccc(N=C2S/C(=C\c3cc(I)c(OC(C)C)c(OC)c3)C(=O)N2c2ccc(CC)cc2)cc1. The quantitative estimate of drug-likeness (QED) is 0.188.